The summed E-state index contributed by atoms with van der Waals surface area (Å²) in [4.78, 5) is 4.31. The summed E-state index contributed by atoms with van der Waals surface area (Å²) in [6, 6.07) is 15.1. The second kappa shape index (κ2) is 6.91. The van der Waals surface area contributed by atoms with Gasteiger partial charge in [0, 0.05) is 11.8 Å². The summed E-state index contributed by atoms with van der Waals surface area (Å²) < 4.78 is 16.6. The molecule has 1 unspecified atom stereocenters. The Labute approximate surface area is 134 Å². The van der Waals surface area contributed by atoms with Crippen LogP contribution in [0.4, 0.5) is 5.69 Å². The van der Waals surface area contributed by atoms with E-state index in [0.29, 0.717) is 19.1 Å². The van der Waals surface area contributed by atoms with E-state index in [1.54, 1.807) is 7.11 Å². The molecule has 0 aliphatic carbocycles. The Kier molecular flexibility index (Phi) is 4.52. The fourth-order valence-corrected chi connectivity index (χ4v) is 2.24. The van der Waals surface area contributed by atoms with Crippen molar-refractivity contribution in [3.05, 3.63) is 48.5 Å². The van der Waals surface area contributed by atoms with Crippen molar-refractivity contribution >= 4 is 11.6 Å². The zero-order valence-corrected chi connectivity index (χ0v) is 12.9. The van der Waals surface area contributed by atoms with Gasteiger partial charge in [-0.1, -0.05) is 18.2 Å². The zero-order chi connectivity index (χ0) is 16.1. The summed E-state index contributed by atoms with van der Waals surface area (Å²) in [5.74, 6) is 2.57. The van der Waals surface area contributed by atoms with Gasteiger partial charge in [-0.2, -0.15) is 0 Å². The minimum Gasteiger partial charge on any atom is -0.497 e. The summed E-state index contributed by atoms with van der Waals surface area (Å²) in [5, 5.41) is 3.03. The number of fused-ring (bicyclic) bond motifs is 1. The molecule has 0 fully saturated rings. The number of rotatable bonds is 4. The van der Waals surface area contributed by atoms with Crippen LogP contribution in [-0.2, 0) is 0 Å². The summed E-state index contributed by atoms with van der Waals surface area (Å²) in [5.41, 5.74) is 6.73. The standard InChI is InChI=1S/C17H19N3O3/c1-21-13-6-4-5-12(9-13)20-17(18)19-10-14-11-22-15-7-2-3-8-16(15)23-14/h2-9,14H,10-11H2,1H3,(H3,18,19,20). The number of aliphatic imine (C=N–C) groups is 1. The number of nitrogens with zero attached hydrogens (tertiary/aromatic N) is 1. The lowest BCUT2D eigenvalue weighted by Gasteiger charge is -2.25. The molecule has 2 aromatic rings. The van der Waals surface area contributed by atoms with E-state index >= 15 is 0 Å². The first-order valence-electron chi connectivity index (χ1n) is 7.34. The molecule has 0 radical (unpaired) electrons. The number of hydrogen-bond donors (Lipinski definition) is 2. The molecule has 1 heterocycles. The molecular weight excluding hydrogens is 294 g/mol. The molecule has 1 aliphatic rings. The Bertz CT molecular complexity index is 703. The number of hydrogen-bond acceptors (Lipinski definition) is 4. The minimum absolute atomic E-state index is 0.157. The van der Waals surface area contributed by atoms with Crippen LogP contribution in [0, 0.1) is 0 Å². The number of ether oxygens (including phenoxy) is 3. The first-order chi connectivity index (χ1) is 11.2. The van der Waals surface area contributed by atoms with Gasteiger partial charge in [0.05, 0.1) is 13.7 Å². The average molecular weight is 313 g/mol. The van der Waals surface area contributed by atoms with Crippen LogP contribution < -0.4 is 25.3 Å². The molecule has 1 aliphatic heterocycles. The Hall–Kier alpha value is -2.89. The Morgan fingerprint density at radius 2 is 2.09 bits per heavy atom. The Balaban J connectivity index is 1.57. The highest BCUT2D eigenvalue weighted by Crippen LogP contribution is 2.30. The molecule has 0 aromatic heterocycles. The molecule has 3 rings (SSSR count). The van der Waals surface area contributed by atoms with Crippen molar-refractivity contribution in [1.29, 1.82) is 0 Å². The SMILES string of the molecule is COc1cccc(NC(N)=NCC2COc3ccccc3O2)c1. The maximum atomic E-state index is 5.91. The van der Waals surface area contributed by atoms with Crippen LogP contribution in [0.2, 0.25) is 0 Å². The van der Waals surface area contributed by atoms with Crippen LogP contribution >= 0.6 is 0 Å². The number of anilines is 1. The predicted molar refractivity (Wildman–Crippen MR) is 89.5 cm³/mol. The van der Waals surface area contributed by atoms with Gasteiger partial charge in [0.1, 0.15) is 12.4 Å². The third-order valence-electron chi connectivity index (χ3n) is 3.37. The van der Waals surface area contributed by atoms with E-state index in [0.717, 1.165) is 22.9 Å². The van der Waals surface area contributed by atoms with Crippen LogP contribution in [0.3, 0.4) is 0 Å². The topological polar surface area (TPSA) is 78.1 Å². The normalized spacial score (nSPS) is 16.7. The third kappa shape index (κ3) is 3.85. The first kappa shape index (κ1) is 15.0. The maximum Gasteiger partial charge on any atom is 0.193 e. The van der Waals surface area contributed by atoms with Gasteiger partial charge in [0.15, 0.2) is 23.6 Å². The zero-order valence-electron chi connectivity index (χ0n) is 12.9. The average Bonchev–Trinajstić information content (AvgIpc) is 2.60. The van der Waals surface area contributed by atoms with Gasteiger partial charge >= 0.3 is 0 Å². The number of nitrogens with two attached hydrogens (primary N) is 1. The van der Waals surface area contributed by atoms with Gasteiger partial charge in [-0.25, -0.2) is 4.99 Å². The second-order valence-electron chi connectivity index (χ2n) is 5.08. The molecule has 0 saturated carbocycles. The predicted octanol–water partition coefficient (Wildman–Crippen LogP) is 2.26. The Morgan fingerprint density at radius 1 is 1.26 bits per heavy atom. The number of para-hydroxylation sites is 2. The van der Waals surface area contributed by atoms with E-state index in [-0.39, 0.29) is 6.10 Å². The van der Waals surface area contributed by atoms with Crippen molar-refractivity contribution < 1.29 is 14.2 Å². The molecule has 2 aromatic carbocycles. The highest BCUT2D eigenvalue weighted by atomic mass is 16.6. The van der Waals surface area contributed by atoms with E-state index in [9.17, 15) is 0 Å². The lowest BCUT2D eigenvalue weighted by molar-refractivity contribution is 0.0972. The number of benzene rings is 2. The molecule has 0 bridgehead atoms. The molecule has 0 saturated heterocycles. The van der Waals surface area contributed by atoms with Crippen LogP contribution in [0.1, 0.15) is 0 Å². The fourth-order valence-electron chi connectivity index (χ4n) is 2.24. The van der Waals surface area contributed by atoms with Gasteiger partial charge in [-0.05, 0) is 24.3 Å². The minimum atomic E-state index is -0.157. The maximum absolute atomic E-state index is 5.91. The lowest BCUT2D eigenvalue weighted by Crippen LogP contribution is -2.33. The van der Waals surface area contributed by atoms with Crippen molar-refractivity contribution in [2.75, 3.05) is 25.6 Å². The number of methoxy groups -OCH3 is 1. The largest absolute Gasteiger partial charge is 0.497 e. The third-order valence-corrected chi connectivity index (χ3v) is 3.37. The highest BCUT2D eigenvalue weighted by molar-refractivity contribution is 5.92. The summed E-state index contributed by atoms with van der Waals surface area (Å²) >= 11 is 0. The van der Waals surface area contributed by atoms with Crippen LogP contribution in [0.5, 0.6) is 17.2 Å². The van der Waals surface area contributed by atoms with Crippen molar-refractivity contribution in [2.45, 2.75) is 6.10 Å². The van der Waals surface area contributed by atoms with E-state index in [1.165, 1.54) is 0 Å². The van der Waals surface area contributed by atoms with E-state index in [2.05, 4.69) is 10.3 Å². The first-order valence-corrected chi connectivity index (χ1v) is 7.34. The van der Waals surface area contributed by atoms with Crippen molar-refractivity contribution in [2.24, 2.45) is 10.7 Å². The second-order valence-corrected chi connectivity index (χ2v) is 5.08. The summed E-state index contributed by atoms with van der Waals surface area (Å²) in [6.07, 6.45) is -0.157. The van der Waals surface area contributed by atoms with Crippen LogP contribution in [0.15, 0.2) is 53.5 Å². The molecule has 6 nitrogen and oxygen atoms in total. The molecule has 6 heteroatoms. The number of guanidine groups is 1. The van der Waals surface area contributed by atoms with Crippen molar-refractivity contribution in [1.82, 2.24) is 0 Å². The van der Waals surface area contributed by atoms with Gasteiger partial charge in [0.25, 0.3) is 0 Å². The quantitative estimate of drug-likeness (QED) is 0.669. The molecule has 0 amide bonds. The van der Waals surface area contributed by atoms with Crippen molar-refractivity contribution in [3.8, 4) is 17.2 Å². The summed E-state index contributed by atoms with van der Waals surface area (Å²) in [7, 11) is 1.62. The highest BCUT2D eigenvalue weighted by Gasteiger charge is 2.20. The Morgan fingerprint density at radius 3 is 2.91 bits per heavy atom. The van der Waals surface area contributed by atoms with Crippen LogP contribution in [0.25, 0.3) is 0 Å². The van der Waals surface area contributed by atoms with Gasteiger partial charge in [-0.3, -0.25) is 0 Å². The molecular formula is C17H19N3O3. The molecule has 3 N–H and O–H groups in total. The van der Waals surface area contributed by atoms with Gasteiger partial charge < -0.3 is 25.3 Å². The molecule has 1 atom stereocenters. The van der Waals surface area contributed by atoms with E-state index in [4.69, 9.17) is 19.9 Å². The molecule has 120 valence electrons. The molecule has 0 spiro atoms. The van der Waals surface area contributed by atoms with Gasteiger partial charge in [-0.15, -0.1) is 0 Å². The van der Waals surface area contributed by atoms with E-state index < -0.39 is 0 Å². The monoisotopic (exact) mass is 313 g/mol. The van der Waals surface area contributed by atoms with Crippen molar-refractivity contribution in [3.63, 3.8) is 0 Å². The van der Waals surface area contributed by atoms with Gasteiger partial charge in [0.2, 0.25) is 0 Å². The number of nitrogens with one attached hydrogen (secondary N) is 1. The van der Waals surface area contributed by atoms with Crippen LogP contribution in [-0.4, -0.2) is 32.3 Å². The lowest BCUT2D eigenvalue weighted by atomic mass is 10.2. The van der Waals surface area contributed by atoms with E-state index in [1.807, 2.05) is 48.5 Å². The smallest absolute Gasteiger partial charge is 0.193 e. The fraction of sp³-hybridized carbons (Fsp3) is 0.235. The molecule has 23 heavy (non-hydrogen) atoms. The summed E-state index contributed by atoms with van der Waals surface area (Å²) in [6.45, 7) is 0.865.